The van der Waals surface area contributed by atoms with Crippen molar-refractivity contribution in [2.24, 2.45) is 5.41 Å². The Hall–Kier alpha value is -1.59. The third-order valence-electron chi connectivity index (χ3n) is 3.13. The number of aliphatic hydroxyl groups excluding tert-OH is 1. The molecule has 0 heterocycles. The summed E-state index contributed by atoms with van der Waals surface area (Å²) in [5, 5.41) is 14.7. The Labute approximate surface area is 142 Å². The van der Waals surface area contributed by atoms with Gasteiger partial charge in [0, 0.05) is 24.8 Å². The minimum Gasteiger partial charge on any atom is -0.396 e. The van der Waals surface area contributed by atoms with Crippen molar-refractivity contribution in [3.8, 4) is 0 Å². The number of carbonyl (C=O) groups is 2. The standard InChI is InChI=1S/C17H25ClN2O3/c1-11(7-8-21)19-16(23)13-9-12(5-6-14(13)18)20-15(22)10-17(2,3)4/h5-6,9,11,21H,7-8,10H2,1-4H3,(H,19,23)(H,20,22)/t11-/m1/s1. The summed E-state index contributed by atoms with van der Waals surface area (Å²) in [5.41, 5.74) is 0.713. The molecule has 2 amide bonds. The van der Waals surface area contributed by atoms with Crippen LogP contribution in [0.15, 0.2) is 18.2 Å². The molecule has 0 saturated heterocycles. The van der Waals surface area contributed by atoms with Gasteiger partial charge < -0.3 is 15.7 Å². The molecule has 0 aliphatic rings. The minimum atomic E-state index is -0.331. The van der Waals surface area contributed by atoms with Gasteiger partial charge in [0.25, 0.3) is 5.91 Å². The third kappa shape index (κ3) is 7.01. The second-order valence-electron chi connectivity index (χ2n) is 6.87. The molecular weight excluding hydrogens is 316 g/mol. The van der Waals surface area contributed by atoms with Gasteiger partial charge in [0.1, 0.15) is 0 Å². The molecule has 0 saturated carbocycles. The van der Waals surface area contributed by atoms with Crippen molar-refractivity contribution in [2.75, 3.05) is 11.9 Å². The van der Waals surface area contributed by atoms with Gasteiger partial charge in [-0.05, 0) is 37.0 Å². The summed E-state index contributed by atoms with van der Waals surface area (Å²) in [6.07, 6.45) is 0.843. The number of rotatable bonds is 6. The summed E-state index contributed by atoms with van der Waals surface area (Å²) >= 11 is 6.07. The van der Waals surface area contributed by atoms with E-state index in [4.69, 9.17) is 16.7 Å². The van der Waals surface area contributed by atoms with E-state index < -0.39 is 0 Å². The monoisotopic (exact) mass is 340 g/mol. The van der Waals surface area contributed by atoms with Crippen LogP contribution >= 0.6 is 11.6 Å². The number of aliphatic hydroxyl groups is 1. The molecule has 0 fully saturated rings. The van der Waals surface area contributed by atoms with E-state index in [1.165, 1.54) is 0 Å². The smallest absolute Gasteiger partial charge is 0.253 e. The molecule has 0 spiro atoms. The second kappa shape index (κ2) is 8.31. The Morgan fingerprint density at radius 3 is 2.52 bits per heavy atom. The van der Waals surface area contributed by atoms with Gasteiger partial charge in [-0.3, -0.25) is 9.59 Å². The van der Waals surface area contributed by atoms with Crippen LogP contribution in [-0.2, 0) is 4.79 Å². The van der Waals surface area contributed by atoms with Crippen LogP contribution in [-0.4, -0.2) is 29.6 Å². The Morgan fingerprint density at radius 2 is 1.96 bits per heavy atom. The molecular formula is C17H25ClN2O3. The normalized spacial score (nSPS) is 12.6. The molecule has 1 aromatic carbocycles. The average Bonchev–Trinajstić information content (AvgIpc) is 2.38. The Bertz CT molecular complexity index is 567. The van der Waals surface area contributed by atoms with Crippen LogP contribution in [0, 0.1) is 5.41 Å². The molecule has 0 radical (unpaired) electrons. The van der Waals surface area contributed by atoms with Gasteiger partial charge in [0.15, 0.2) is 0 Å². The average molecular weight is 341 g/mol. The summed E-state index contributed by atoms with van der Waals surface area (Å²) < 4.78 is 0. The number of halogens is 1. The molecule has 23 heavy (non-hydrogen) atoms. The largest absolute Gasteiger partial charge is 0.396 e. The first-order valence-corrected chi connectivity index (χ1v) is 8.01. The third-order valence-corrected chi connectivity index (χ3v) is 3.45. The van der Waals surface area contributed by atoms with Crippen LogP contribution in [0.1, 0.15) is 50.9 Å². The highest BCUT2D eigenvalue weighted by molar-refractivity contribution is 6.34. The molecule has 1 atom stereocenters. The van der Waals surface area contributed by atoms with E-state index >= 15 is 0 Å². The summed E-state index contributed by atoms with van der Waals surface area (Å²) in [6, 6.07) is 4.64. The van der Waals surface area contributed by atoms with E-state index in [1.54, 1.807) is 25.1 Å². The maximum absolute atomic E-state index is 12.2. The number of amides is 2. The lowest BCUT2D eigenvalue weighted by atomic mass is 9.92. The maximum atomic E-state index is 12.2. The molecule has 0 aliphatic carbocycles. The Balaban J connectivity index is 2.83. The number of benzene rings is 1. The van der Waals surface area contributed by atoms with Gasteiger partial charge in [-0.25, -0.2) is 0 Å². The van der Waals surface area contributed by atoms with Gasteiger partial charge in [-0.15, -0.1) is 0 Å². The van der Waals surface area contributed by atoms with E-state index in [1.807, 2.05) is 20.8 Å². The van der Waals surface area contributed by atoms with Gasteiger partial charge in [-0.2, -0.15) is 0 Å². The SMILES string of the molecule is C[C@H](CCO)NC(=O)c1cc(NC(=O)CC(C)(C)C)ccc1Cl. The lowest BCUT2D eigenvalue weighted by Crippen LogP contribution is -2.33. The number of carbonyl (C=O) groups excluding carboxylic acids is 2. The van der Waals surface area contributed by atoms with Crippen LogP contribution in [0.5, 0.6) is 0 Å². The highest BCUT2D eigenvalue weighted by atomic mass is 35.5. The fourth-order valence-corrected chi connectivity index (χ4v) is 2.23. The van der Waals surface area contributed by atoms with Crippen molar-refractivity contribution < 1.29 is 14.7 Å². The molecule has 0 aromatic heterocycles. The van der Waals surface area contributed by atoms with Crippen molar-refractivity contribution >= 4 is 29.1 Å². The van der Waals surface area contributed by atoms with Crippen molar-refractivity contribution in [2.45, 2.75) is 46.6 Å². The molecule has 1 rings (SSSR count). The number of nitrogens with one attached hydrogen (secondary N) is 2. The molecule has 0 aliphatic heterocycles. The van der Waals surface area contributed by atoms with E-state index in [0.29, 0.717) is 29.1 Å². The molecule has 6 heteroatoms. The van der Waals surface area contributed by atoms with Crippen LogP contribution in [0.4, 0.5) is 5.69 Å². The minimum absolute atomic E-state index is 0.00191. The topological polar surface area (TPSA) is 78.4 Å². The van der Waals surface area contributed by atoms with E-state index in [0.717, 1.165) is 0 Å². The lowest BCUT2D eigenvalue weighted by molar-refractivity contribution is -0.117. The summed E-state index contributed by atoms with van der Waals surface area (Å²) in [5.74, 6) is -0.442. The first kappa shape index (κ1) is 19.5. The van der Waals surface area contributed by atoms with Crippen molar-refractivity contribution in [3.05, 3.63) is 28.8 Å². The van der Waals surface area contributed by atoms with Gasteiger partial charge >= 0.3 is 0 Å². The quantitative estimate of drug-likeness (QED) is 0.744. The molecule has 1 aromatic rings. The van der Waals surface area contributed by atoms with E-state index in [9.17, 15) is 9.59 Å². The summed E-state index contributed by atoms with van der Waals surface area (Å²) in [6.45, 7) is 7.75. The Morgan fingerprint density at radius 1 is 1.30 bits per heavy atom. The van der Waals surface area contributed by atoms with Crippen molar-refractivity contribution in [1.82, 2.24) is 5.32 Å². The maximum Gasteiger partial charge on any atom is 0.253 e. The van der Waals surface area contributed by atoms with E-state index in [-0.39, 0.29) is 29.9 Å². The van der Waals surface area contributed by atoms with Crippen LogP contribution in [0.2, 0.25) is 5.02 Å². The molecule has 0 unspecified atom stereocenters. The highest BCUT2D eigenvalue weighted by Gasteiger charge is 2.18. The summed E-state index contributed by atoms with van der Waals surface area (Å²) in [4.78, 5) is 24.2. The number of hydrogen-bond acceptors (Lipinski definition) is 3. The van der Waals surface area contributed by atoms with Crippen LogP contribution in [0.25, 0.3) is 0 Å². The first-order valence-electron chi connectivity index (χ1n) is 7.63. The number of anilines is 1. The van der Waals surface area contributed by atoms with Crippen LogP contribution in [0.3, 0.4) is 0 Å². The number of hydrogen-bond donors (Lipinski definition) is 3. The summed E-state index contributed by atoms with van der Waals surface area (Å²) in [7, 11) is 0. The molecule has 5 nitrogen and oxygen atoms in total. The van der Waals surface area contributed by atoms with Crippen molar-refractivity contribution in [1.29, 1.82) is 0 Å². The molecule has 3 N–H and O–H groups in total. The fourth-order valence-electron chi connectivity index (χ4n) is 2.03. The predicted octanol–water partition coefficient (Wildman–Crippen LogP) is 3.22. The first-order chi connectivity index (χ1) is 10.6. The van der Waals surface area contributed by atoms with Crippen LogP contribution < -0.4 is 10.6 Å². The Kier molecular flexibility index (Phi) is 7.03. The zero-order valence-corrected chi connectivity index (χ0v) is 14.8. The van der Waals surface area contributed by atoms with Gasteiger partial charge in [-0.1, -0.05) is 32.4 Å². The lowest BCUT2D eigenvalue weighted by Gasteiger charge is -2.18. The molecule has 128 valence electrons. The fraction of sp³-hybridized carbons (Fsp3) is 0.529. The predicted molar refractivity (Wildman–Crippen MR) is 92.8 cm³/mol. The van der Waals surface area contributed by atoms with E-state index in [2.05, 4.69) is 10.6 Å². The van der Waals surface area contributed by atoms with Gasteiger partial charge in [0.2, 0.25) is 5.91 Å². The van der Waals surface area contributed by atoms with Gasteiger partial charge in [0.05, 0.1) is 10.6 Å². The zero-order chi connectivity index (χ0) is 17.6. The second-order valence-corrected chi connectivity index (χ2v) is 7.27. The highest BCUT2D eigenvalue weighted by Crippen LogP contribution is 2.23. The molecule has 0 bridgehead atoms. The van der Waals surface area contributed by atoms with Crippen molar-refractivity contribution in [3.63, 3.8) is 0 Å². The zero-order valence-electron chi connectivity index (χ0n) is 14.1.